The first-order valence-corrected chi connectivity index (χ1v) is 17.5. The van der Waals surface area contributed by atoms with Gasteiger partial charge >= 0.3 is 12.1 Å². The van der Waals surface area contributed by atoms with Crippen LogP contribution in [0, 0.1) is 13.8 Å². The molecule has 3 rings (SSSR count). The highest BCUT2D eigenvalue weighted by Gasteiger charge is 2.56. The highest BCUT2D eigenvalue weighted by molar-refractivity contribution is 7.99. The van der Waals surface area contributed by atoms with Crippen LogP contribution in [0.1, 0.15) is 99.3 Å². The third-order valence-corrected chi connectivity index (χ3v) is 11.2. The molecule has 2 atom stereocenters. The SMILES string of the molecule is Cc1ccc(C2(C)CSc3cc(C)ccc3C2CCCCCCCCCNS(=O)(=O)CCCC(F)(F)C(F)(F)F)cc1. The maximum atomic E-state index is 13.0. The maximum absolute atomic E-state index is 13.0. The first-order chi connectivity index (χ1) is 19.6. The summed E-state index contributed by atoms with van der Waals surface area (Å²) in [7, 11) is -3.87. The number of nitrogens with one attached hydrogen (secondary N) is 1. The second-order valence-corrected chi connectivity index (χ2v) is 14.9. The second-order valence-electron chi connectivity index (χ2n) is 11.9. The van der Waals surface area contributed by atoms with Gasteiger partial charge in [-0.2, -0.15) is 22.0 Å². The van der Waals surface area contributed by atoms with Crippen molar-refractivity contribution in [3.63, 3.8) is 0 Å². The normalized spacial score (nSPS) is 19.6. The lowest BCUT2D eigenvalue weighted by Gasteiger charge is -2.43. The van der Waals surface area contributed by atoms with E-state index in [1.807, 2.05) is 11.8 Å². The molecule has 1 N–H and O–H groups in total. The smallest absolute Gasteiger partial charge is 0.215 e. The molecule has 3 nitrogen and oxygen atoms in total. The minimum Gasteiger partial charge on any atom is -0.215 e. The van der Waals surface area contributed by atoms with Gasteiger partial charge in [-0.25, -0.2) is 13.1 Å². The average molecular weight is 634 g/mol. The van der Waals surface area contributed by atoms with E-state index in [0.717, 1.165) is 50.7 Å². The van der Waals surface area contributed by atoms with Gasteiger partial charge in [0, 0.05) is 29.0 Å². The quantitative estimate of drug-likeness (QED) is 0.148. The molecule has 0 saturated carbocycles. The lowest BCUT2D eigenvalue weighted by molar-refractivity contribution is -0.284. The third-order valence-electron chi connectivity index (χ3n) is 8.36. The van der Waals surface area contributed by atoms with Gasteiger partial charge in [-0.05, 0) is 56.2 Å². The van der Waals surface area contributed by atoms with Gasteiger partial charge in [0.15, 0.2) is 0 Å². The molecule has 236 valence electrons. The average Bonchev–Trinajstić information content (AvgIpc) is 2.90. The molecule has 0 bridgehead atoms. The van der Waals surface area contributed by atoms with E-state index in [4.69, 9.17) is 0 Å². The molecule has 0 fully saturated rings. The monoisotopic (exact) mass is 633 g/mol. The van der Waals surface area contributed by atoms with Crippen LogP contribution in [-0.4, -0.2) is 38.6 Å². The summed E-state index contributed by atoms with van der Waals surface area (Å²) in [5, 5.41) is 0. The zero-order chi connectivity index (χ0) is 31.0. The van der Waals surface area contributed by atoms with E-state index in [1.165, 1.54) is 27.1 Å². The molecule has 2 aromatic rings. The van der Waals surface area contributed by atoms with Crippen molar-refractivity contribution >= 4 is 21.8 Å². The number of fused-ring (bicyclic) bond motifs is 1. The summed E-state index contributed by atoms with van der Waals surface area (Å²) >= 11 is 1.96. The van der Waals surface area contributed by atoms with Crippen molar-refractivity contribution in [2.45, 2.75) is 113 Å². The number of sulfonamides is 1. The van der Waals surface area contributed by atoms with Crippen molar-refractivity contribution < 1.29 is 30.4 Å². The fourth-order valence-electron chi connectivity index (χ4n) is 5.70. The fraction of sp³-hybridized carbons (Fsp3) is 0.625. The van der Waals surface area contributed by atoms with E-state index in [0.29, 0.717) is 12.3 Å². The largest absolute Gasteiger partial charge is 0.453 e. The fourth-order valence-corrected chi connectivity index (χ4v) is 8.30. The standard InChI is InChI=1S/C32H44F5NO2S2/c1-24-13-16-26(17-14-24)30(3)23-41-29-22-25(2)15-18-27(29)28(30)12-9-7-5-4-6-8-10-20-38-42(39,40)21-11-19-31(33,34)32(35,36)37/h13-18,22,28,38H,4-12,19-21,23H2,1-3H3. The van der Waals surface area contributed by atoms with Gasteiger partial charge in [0.25, 0.3) is 0 Å². The number of aryl methyl sites for hydroxylation is 2. The number of hydrogen-bond donors (Lipinski definition) is 1. The molecule has 1 aliphatic heterocycles. The first kappa shape index (κ1) is 34.8. The van der Waals surface area contributed by atoms with Gasteiger partial charge in [0.2, 0.25) is 10.0 Å². The Bertz CT molecular complexity index is 1250. The van der Waals surface area contributed by atoms with Crippen molar-refractivity contribution in [2.75, 3.05) is 18.1 Å². The summed E-state index contributed by atoms with van der Waals surface area (Å²) in [6, 6.07) is 15.8. The van der Waals surface area contributed by atoms with Crippen LogP contribution in [-0.2, 0) is 15.4 Å². The van der Waals surface area contributed by atoms with Gasteiger partial charge in [-0.15, -0.1) is 11.8 Å². The van der Waals surface area contributed by atoms with E-state index in [-0.39, 0.29) is 12.0 Å². The number of benzene rings is 2. The van der Waals surface area contributed by atoms with Crippen molar-refractivity contribution in [3.8, 4) is 0 Å². The molecule has 0 amide bonds. The zero-order valence-electron chi connectivity index (χ0n) is 24.8. The molecule has 42 heavy (non-hydrogen) atoms. The van der Waals surface area contributed by atoms with Crippen LogP contribution in [0.25, 0.3) is 0 Å². The third kappa shape index (κ3) is 9.68. The van der Waals surface area contributed by atoms with Crippen LogP contribution >= 0.6 is 11.8 Å². The number of rotatable bonds is 16. The van der Waals surface area contributed by atoms with Gasteiger partial charge < -0.3 is 0 Å². The van der Waals surface area contributed by atoms with Crippen molar-refractivity contribution in [3.05, 3.63) is 64.7 Å². The molecule has 0 aromatic heterocycles. The molecular weight excluding hydrogens is 589 g/mol. The first-order valence-electron chi connectivity index (χ1n) is 14.9. The number of unbranched alkanes of at least 4 members (excludes halogenated alkanes) is 6. The number of halogens is 5. The summed E-state index contributed by atoms with van der Waals surface area (Å²) in [4.78, 5) is 1.40. The Hall–Kier alpha value is -1.65. The second kappa shape index (κ2) is 14.9. The highest BCUT2D eigenvalue weighted by Crippen LogP contribution is 2.52. The maximum Gasteiger partial charge on any atom is 0.453 e. The lowest BCUT2D eigenvalue weighted by Crippen LogP contribution is -2.37. The Morgan fingerprint density at radius 3 is 2.10 bits per heavy atom. The van der Waals surface area contributed by atoms with E-state index in [9.17, 15) is 30.4 Å². The molecule has 2 aromatic carbocycles. The number of thioether (sulfide) groups is 1. The molecule has 0 spiro atoms. The number of alkyl halides is 5. The summed E-state index contributed by atoms with van der Waals surface area (Å²) in [5.74, 6) is -4.11. The molecule has 10 heteroatoms. The zero-order valence-corrected chi connectivity index (χ0v) is 26.5. The summed E-state index contributed by atoms with van der Waals surface area (Å²) < 4.78 is 88.7. The predicted molar refractivity (Wildman–Crippen MR) is 162 cm³/mol. The van der Waals surface area contributed by atoms with Crippen molar-refractivity contribution in [1.82, 2.24) is 4.72 Å². The molecule has 0 aliphatic carbocycles. The predicted octanol–water partition coefficient (Wildman–Crippen LogP) is 9.47. The van der Waals surface area contributed by atoms with Crippen molar-refractivity contribution in [2.24, 2.45) is 0 Å². The lowest BCUT2D eigenvalue weighted by atomic mass is 9.67. The Kier molecular flexibility index (Phi) is 12.3. The Balaban J connectivity index is 1.37. The van der Waals surface area contributed by atoms with Crippen LogP contribution in [0.2, 0.25) is 0 Å². The summed E-state index contributed by atoms with van der Waals surface area (Å²) in [6.07, 6.45) is -0.0258. The Morgan fingerprint density at radius 2 is 1.45 bits per heavy atom. The van der Waals surface area contributed by atoms with E-state index in [2.05, 4.69) is 68.0 Å². The molecule has 1 heterocycles. The highest BCUT2D eigenvalue weighted by atomic mass is 32.2. The topological polar surface area (TPSA) is 46.2 Å². The molecule has 0 radical (unpaired) electrons. The summed E-state index contributed by atoms with van der Waals surface area (Å²) in [5.41, 5.74) is 5.47. The minimum atomic E-state index is -5.66. The van der Waals surface area contributed by atoms with Crippen LogP contribution < -0.4 is 4.72 Å². The van der Waals surface area contributed by atoms with Crippen LogP contribution in [0.5, 0.6) is 0 Å². The minimum absolute atomic E-state index is 0.0627. The molecule has 2 unspecified atom stereocenters. The summed E-state index contributed by atoms with van der Waals surface area (Å²) in [6.45, 7) is 6.83. The number of hydrogen-bond acceptors (Lipinski definition) is 3. The van der Waals surface area contributed by atoms with Gasteiger partial charge in [-0.1, -0.05) is 93.0 Å². The van der Waals surface area contributed by atoms with Gasteiger partial charge in [0.1, 0.15) is 0 Å². The Morgan fingerprint density at radius 1 is 0.857 bits per heavy atom. The van der Waals surface area contributed by atoms with E-state index < -0.39 is 40.7 Å². The van der Waals surface area contributed by atoms with E-state index in [1.54, 1.807) is 0 Å². The Labute approximate surface area is 252 Å². The van der Waals surface area contributed by atoms with Gasteiger partial charge in [0.05, 0.1) is 5.75 Å². The molecule has 0 saturated heterocycles. The van der Waals surface area contributed by atoms with Gasteiger partial charge in [-0.3, -0.25) is 0 Å². The molecule has 1 aliphatic rings. The van der Waals surface area contributed by atoms with Crippen LogP contribution in [0.15, 0.2) is 47.4 Å². The van der Waals surface area contributed by atoms with E-state index >= 15 is 0 Å². The van der Waals surface area contributed by atoms with Crippen LogP contribution in [0.4, 0.5) is 22.0 Å². The van der Waals surface area contributed by atoms with Crippen molar-refractivity contribution in [1.29, 1.82) is 0 Å². The molecular formula is C32H44F5NO2S2. The van der Waals surface area contributed by atoms with Crippen LogP contribution in [0.3, 0.4) is 0 Å².